The SMILES string of the molecule is COc1ccccc1OCC(=O)N(Cc1ccccc1C)C(Cc1ccccc1)C(=O)NC1CCCCC1. The molecule has 1 fully saturated rings. The average molecular weight is 515 g/mol. The van der Waals surface area contributed by atoms with Crippen molar-refractivity contribution >= 4 is 11.8 Å². The summed E-state index contributed by atoms with van der Waals surface area (Å²) >= 11 is 0. The number of benzene rings is 3. The van der Waals surface area contributed by atoms with Gasteiger partial charge >= 0.3 is 0 Å². The lowest BCUT2D eigenvalue weighted by Gasteiger charge is -2.33. The summed E-state index contributed by atoms with van der Waals surface area (Å²) in [6.07, 6.45) is 5.82. The number of hydrogen-bond donors (Lipinski definition) is 1. The van der Waals surface area contributed by atoms with Gasteiger partial charge in [0, 0.05) is 19.0 Å². The number of rotatable bonds is 11. The zero-order valence-electron chi connectivity index (χ0n) is 22.4. The second-order valence-corrected chi connectivity index (χ2v) is 9.94. The van der Waals surface area contributed by atoms with Crippen molar-refractivity contribution in [3.8, 4) is 11.5 Å². The van der Waals surface area contributed by atoms with Gasteiger partial charge in [-0.2, -0.15) is 0 Å². The molecule has 38 heavy (non-hydrogen) atoms. The van der Waals surface area contributed by atoms with E-state index in [1.807, 2.05) is 73.7 Å². The number of ether oxygens (including phenoxy) is 2. The normalized spacial score (nSPS) is 14.4. The number of para-hydroxylation sites is 2. The van der Waals surface area contributed by atoms with E-state index in [1.165, 1.54) is 6.42 Å². The topological polar surface area (TPSA) is 67.9 Å². The van der Waals surface area contributed by atoms with Crippen molar-refractivity contribution in [3.05, 3.63) is 95.6 Å². The molecule has 1 saturated carbocycles. The largest absolute Gasteiger partial charge is 0.493 e. The van der Waals surface area contributed by atoms with Crippen molar-refractivity contribution < 1.29 is 19.1 Å². The summed E-state index contributed by atoms with van der Waals surface area (Å²) in [5.74, 6) is 0.686. The Morgan fingerprint density at radius 1 is 0.895 bits per heavy atom. The van der Waals surface area contributed by atoms with Crippen LogP contribution in [0.15, 0.2) is 78.9 Å². The lowest BCUT2D eigenvalue weighted by molar-refractivity contribution is -0.143. The number of amides is 2. The van der Waals surface area contributed by atoms with E-state index < -0.39 is 6.04 Å². The molecule has 3 aromatic carbocycles. The van der Waals surface area contributed by atoms with Gasteiger partial charge in [-0.15, -0.1) is 0 Å². The first-order chi connectivity index (χ1) is 18.5. The number of nitrogens with zero attached hydrogens (tertiary/aromatic N) is 1. The predicted octanol–water partition coefficient (Wildman–Crippen LogP) is 5.47. The summed E-state index contributed by atoms with van der Waals surface area (Å²) in [4.78, 5) is 29.4. The van der Waals surface area contributed by atoms with Crippen LogP contribution in [0.2, 0.25) is 0 Å². The van der Waals surface area contributed by atoms with Gasteiger partial charge in [-0.05, 0) is 48.6 Å². The second-order valence-electron chi connectivity index (χ2n) is 9.94. The van der Waals surface area contributed by atoms with E-state index in [-0.39, 0.29) is 24.5 Å². The molecular weight excluding hydrogens is 476 g/mol. The minimum atomic E-state index is -0.673. The molecule has 3 aromatic rings. The molecule has 0 saturated heterocycles. The van der Waals surface area contributed by atoms with Gasteiger partial charge in [-0.3, -0.25) is 9.59 Å². The summed E-state index contributed by atoms with van der Waals surface area (Å²) in [6.45, 7) is 2.14. The fraction of sp³-hybridized carbons (Fsp3) is 0.375. The maximum Gasteiger partial charge on any atom is 0.261 e. The molecule has 6 nitrogen and oxygen atoms in total. The molecule has 0 aromatic heterocycles. The monoisotopic (exact) mass is 514 g/mol. The van der Waals surface area contributed by atoms with Crippen LogP contribution in [0.4, 0.5) is 0 Å². The van der Waals surface area contributed by atoms with Gasteiger partial charge in [0.15, 0.2) is 18.1 Å². The Balaban J connectivity index is 1.63. The fourth-order valence-electron chi connectivity index (χ4n) is 5.03. The molecule has 2 amide bonds. The highest BCUT2D eigenvalue weighted by Gasteiger charge is 2.32. The highest BCUT2D eigenvalue weighted by Crippen LogP contribution is 2.26. The highest BCUT2D eigenvalue weighted by atomic mass is 16.5. The molecule has 1 N–H and O–H groups in total. The van der Waals surface area contributed by atoms with Crippen LogP contribution in [0.25, 0.3) is 0 Å². The van der Waals surface area contributed by atoms with Crippen LogP contribution >= 0.6 is 0 Å². The van der Waals surface area contributed by atoms with Gasteiger partial charge in [-0.25, -0.2) is 0 Å². The van der Waals surface area contributed by atoms with E-state index in [4.69, 9.17) is 9.47 Å². The van der Waals surface area contributed by atoms with Gasteiger partial charge in [0.25, 0.3) is 5.91 Å². The molecule has 0 bridgehead atoms. The first-order valence-electron chi connectivity index (χ1n) is 13.5. The quantitative estimate of drug-likeness (QED) is 0.368. The lowest BCUT2D eigenvalue weighted by atomic mass is 9.94. The van der Waals surface area contributed by atoms with E-state index in [9.17, 15) is 9.59 Å². The summed E-state index contributed by atoms with van der Waals surface area (Å²) in [7, 11) is 1.57. The molecule has 0 heterocycles. The van der Waals surface area contributed by atoms with Crippen molar-refractivity contribution in [2.45, 2.75) is 64.1 Å². The third-order valence-electron chi connectivity index (χ3n) is 7.24. The smallest absolute Gasteiger partial charge is 0.261 e. The number of carbonyl (C=O) groups excluding carboxylic acids is 2. The standard InChI is InChI=1S/C32H38N2O4/c1-24-13-9-10-16-26(24)22-34(31(35)23-38-30-20-12-11-19-29(30)37-2)28(21-25-14-5-3-6-15-25)32(36)33-27-17-7-4-8-18-27/h3,5-6,9-16,19-20,27-28H,4,7-8,17-18,21-23H2,1-2H3,(H,33,36). The minimum absolute atomic E-state index is 0.111. The molecule has 1 atom stereocenters. The van der Waals surface area contributed by atoms with Crippen molar-refractivity contribution in [1.82, 2.24) is 10.2 Å². The zero-order chi connectivity index (χ0) is 26.7. The molecule has 0 radical (unpaired) electrons. The zero-order valence-corrected chi connectivity index (χ0v) is 22.4. The Morgan fingerprint density at radius 2 is 1.55 bits per heavy atom. The van der Waals surface area contributed by atoms with Crippen LogP contribution in [0.1, 0.15) is 48.8 Å². The Labute approximate surface area is 226 Å². The van der Waals surface area contributed by atoms with Crippen LogP contribution in [-0.4, -0.2) is 42.5 Å². The minimum Gasteiger partial charge on any atom is -0.493 e. The molecule has 1 aliphatic rings. The van der Waals surface area contributed by atoms with E-state index >= 15 is 0 Å². The van der Waals surface area contributed by atoms with Crippen LogP contribution < -0.4 is 14.8 Å². The van der Waals surface area contributed by atoms with Gasteiger partial charge in [0.1, 0.15) is 6.04 Å². The molecule has 200 valence electrons. The molecule has 6 heteroatoms. The van der Waals surface area contributed by atoms with E-state index in [0.29, 0.717) is 24.5 Å². The van der Waals surface area contributed by atoms with Crippen LogP contribution in [0, 0.1) is 6.92 Å². The number of carbonyl (C=O) groups is 2. The number of aryl methyl sites for hydroxylation is 1. The van der Waals surface area contributed by atoms with Gasteiger partial charge in [-0.1, -0.05) is 86.0 Å². The molecule has 1 unspecified atom stereocenters. The molecule has 0 aliphatic heterocycles. The first-order valence-corrected chi connectivity index (χ1v) is 13.5. The molecule has 1 aliphatic carbocycles. The Kier molecular flexibility index (Phi) is 9.79. The highest BCUT2D eigenvalue weighted by molar-refractivity contribution is 5.88. The van der Waals surface area contributed by atoms with Crippen molar-refractivity contribution in [2.24, 2.45) is 0 Å². The average Bonchev–Trinajstić information content (AvgIpc) is 2.95. The lowest BCUT2D eigenvalue weighted by Crippen LogP contribution is -2.53. The second kappa shape index (κ2) is 13.7. The summed E-state index contributed by atoms with van der Waals surface area (Å²) < 4.78 is 11.3. The van der Waals surface area contributed by atoms with E-state index in [1.54, 1.807) is 24.1 Å². The van der Waals surface area contributed by atoms with Crippen LogP contribution in [0.5, 0.6) is 11.5 Å². The van der Waals surface area contributed by atoms with E-state index in [0.717, 1.165) is 42.4 Å². The first kappa shape index (κ1) is 27.2. The van der Waals surface area contributed by atoms with E-state index in [2.05, 4.69) is 5.32 Å². The van der Waals surface area contributed by atoms with Crippen molar-refractivity contribution in [2.75, 3.05) is 13.7 Å². The Hall–Kier alpha value is -3.80. The fourth-order valence-corrected chi connectivity index (χ4v) is 5.03. The number of hydrogen-bond acceptors (Lipinski definition) is 4. The van der Waals surface area contributed by atoms with Gasteiger partial charge < -0.3 is 19.7 Å². The Bertz CT molecular complexity index is 1190. The predicted molar refractivity (Wildman–Crippen MR) is 149 cm³/mol. The third-order valence-corrected chi connectivity index (χ3v) is 7.24. The van der Waals surface area contributed by atoms with Crippen LogP contribution in [0.3, 0.4) is 0 Å². The molecular formula is C32H38N2O4. The van der Waals surface area contributed by atoms with Gasteiger partial charge in [0.2, 0.25) is 5.91 Å². The summed E-state index contributed by atoms with van der Waals surface area (Å²) in [6, 6.07) is 24.6. The Morgan fingerprint density at radius 3 is 2.26 bits per heavy atom. The third kappa shape index (κ3) is 7.37. The number of methoxy groups -OCH3 is 1. The van der Waals surface area contributed by atoms with Crippen LogP contribution in [-0.2, 0) is 22.6 Å². The molecule has 4 rings (SSSR count). The molecule has 0 spiro atoms. The summed E-state index contributed by atoms with van der Waals surface area (Å²) in [5, 5.41) is 3.27. The number of nitrogens with one attached hydrogen (secondary N) is 1. The van der Waals surface area contributed by atoms with Gasteiger partial charge in [0.05, 0.1) is 7.11 Å². The van der Waals surface area contributed by atoms with Crippen molar-refractivity contribution in [3.63, 3.8) is 0 Å². The summed E-state index contributed by atoms with van der Waals surface area (Å²) in [5.41, 5.74) is 3.08. The maximum absolute atomic E-state index is 13.8. The van der Waals surface area contributed by atoms with Crippen molar-refractivity contribution in [1.29, 1.82) is 0 Å². The maximum atomic E-state index is 13.8.